The van der Waals surface area contributed by atoms with E-state index in [0.717, 1.165) is 12.2 Å². The van der Waals surface area contributed by atoms with Crippen molar-refractivity contribution in [1.29, 1.82) is 0 Å². The fourth-order valence-corrected chi connectivity index (χ4v) is 0.303. The molecule has 1 rings (SSSR count). The average Bonchev–Trinajstić information content (AvgIpc) is 2.17. The van der Waals surface area contributed by atoms with E-state index < -0.39 is 11.9 Å². The van der Waals surface area contributed by atoms with Crippen molar-refractivity contribution in [3.63, 3.8) is 0 Å². The first-order valence-electron chi connectivity index (χ1n) is 2.47. The summed E-state index contributed by atoms with van der Waals surface area (Å²) in [5.41, 5.74) is 4.61. The number of esters is 2. The Morgan fingerprint density at radius 2 is 1.70 bits per heavy atom. The van der Waals surface area contributed by atoms with Crippen LogP contribution in [0.5, 0.6) is 0 Å². The molecule has 0 aliphatic carbocycles. The van der Waals surface area contributed by atoms with Gasteiger partial charge in [-0.3, -0.25) is 0 Å². The standard InChI is InChI=1S/C4H2O3.C2H5N/c5-3-1-2-4(6)7-3;1-2-3/h1-2H;2H,1,3H2. The molecule has 0 unspecified atom stereocenters. The summed E-state index contributed by atoms with van der Waals surface area (Å²) < 4.78 is 3.97. The summed E-state index contributed by atoms with van der Waals surface area (Å²) in [4.78, 5) is 19.8. The van der Waals surface area contributed by atoms with Gasteiger partial charge in [-0.2, -0.15) is 0 Å². The van der Waals surface area contributed by atoms with Crippen LogP contribution in [-0.4, -0.2) is 11.9 Å². The fourth-order valence-electron chi connectivity index (χ4n) is 0.303. The van der Waals surface area contributed by atoms with Crippen molar-refractivity contribution < 1.29 is 14.3 Å². The van der Waals surface area contributed by atoms with Gasteiger partial charge in [0.25, 0.3) is 0 Å². The van der Waals surface area contributed by atoms with Gasteiger partial charge in [0.1, 0.15) is 0 Å². The van der Waals surface area contributed by atoms with Crippen molar-refractivity contribution >= 4 is 11.9 Å². The summed E-state index contributed by atoms with van der Waals surface area (Å²) in [6.07, 6.45) is 3.42. The van der Waals surface area contributed by atoms with Crippen molar-refractivity contribution in [2.24, 2.45) is 5.73 Å². The first kappa shape index (κ1) is 8.42. The first-order valence-corrected chi connectivity index (χ1v) is 2.47. The Kier molecular flexibility index (Phi) is 3.63. The molecule has 1 aliphatic heterocycles. The number of hydrogen-bond acceptors (Lipinski definition) is 4. The lowest BCUT2D eigenvalue weighted by Gasteiger charge is -1.80. The van der Waals surface area contributed by atoms with Gasteiger partial charge in [-0.25, -0.2) is 9.59 Å². The van der Waals surface area contributed by atoms with Gasteiger partial charge in [0.05, 0.1) is 0 Å². The SMILES string of the molecule is C=CN.O=C1C=CC(=O)O1. The second kappa shape index (κ2) is 4.31. The van der Waals surface area contributed by atoms with Crippen LogP contribution in [0.15, 0.2) is 24.9 Å². The molecule has 2 N–H and O–H groups in total. The van der Waals surface area contributed by atoms with Gasteiger partial charge in [0.15, 0.2) is 0 Å². The molecule has 0 amide bonds. The molecule has 0 aromatic heterocycles. The monoisotopic (exact) mass is 141 g/mol. The third kappa shape index (κ3) is 3.43. The number of rotatable bonds is 0. The average molecular weight is 141 g/mol. The molecule has 10 heavy (non-hydrogen) atoms. The Morgan fingerprint density at radius 1 is 1.40 bits per heavy atom. The molecule has 0 aromatic rings. The fraction of sp³-hybridized carbons (Fsp3) is 0. The highest BCUT2D eigenvalue weighted by molar-refractivity contribution is 6.04. The summed E-state index contributed by atoms with van der Waals surface area (Å²) in [7, 11) is 0. The minimum Gasteiger partial charge on any atom is -0.405 e. The smallest absolute Gasteiger partial charge is 0.338 e. The van der Waals surface area contributed by atoms with Crippen LogP contribution in [-0.2, 0) is 14.3 Å². The Hall–Kier alpha value is -1.58. The number of hydrogen-bond donors (Lipinski definition) is 1. The van der Waals surface area contributed by atoms with E-state index in [0.29, 0.717) is 0 Å². The number of nitrogens with two attached hydrogens (primary N) is 1. The largest absolute Gasteiger partial charge is 0.405 e. The van der Waals surface area contributed by atoms with E-state index in [-0.39, 0.29) is 0 Å². The maximum atomic E-state index is 9.92. The predicted molar refractivity (Wildman–Crippen MR) is 34.6 cm³/mol. The molecule has 0 radical (unpaired) electrons. The van der Waals surface area contributed by atoms with E-state index in [1.54, 1.807) is 0 Å². The molecule has 0 saturated heterocycles. The van der Waals surface area contributed by atoms with Crippen molar-refractivity contribution in [3.05, 3.63) is 24.9 Å². The van der Waals surface area contributed by atoms with Gasteiger partial charge in [-0.1, -0.05) is 6.58 Å². The lowest BCUT2D eigenvalue weighted by molar-refractivity contribution is -0.150. The Bertz CT molecular complexity index is 167. The Balaban J connectivity index is 0.000000236. The molecule has 0 spiro atoms. The van der Waals surface area contributed by atoms with Gasteiger partial charge < -0.3 is 10.5 Å². The van der Waals surface area contributed by atoms with Gasteiger partial charge in [-0.05, 0) is 6.20 Å². The summed E-state index contributed by atoms with van der Waals surface area (Å²) in [5.74, 6) is -1.16. The summed E-state index contributed by atoms with van der Waals surface area (Å²) in [6, 6.07) is 0. The minimum absolute atomic E-state index is 0.579. The van der Waals surface area contributed by atoms with Crippen molar-refractivity contribution in [2.45, 2.75) is 0 Å². The van der Waals surface area contributed by atoms with Crippen LogP contribution in [0, 0.1) is 0 Å². The van der Waals surface area contributed by atoms with Crippen LogP contribution in [0.25, 0.3) is 0 Å². The molecular formula is C6H7NO3. The van der Waals surface area contributed by atoms with E-state index in [2.05, 4.69) is 17.0 Å². The van der Waals surface area contributed by atoms with Gasteiger partial charge in [0.2, 0.25) is 0 Å². The highest BCUT2D eigenvalue weighted by Crippen LogP contribution is 1.92. The summed E-state index contributed by atoms with van der Waals surface area (Å²) in [5, 5.41) is 0. The molecule has 54 valence electrons. The molecule has 1 aliphatic rings. The van der Waals surface area contributed by atoms with E-state index in [9.17, 15) is 9.59 Å². The Labute approximate surface area is 58.0 Å². The van der Waals surface area contributed by atoms with Crippen molar-refractivity contribution in [1.82, 2.24) is 0 Å². The number of ether oxygens (including phenoxy) is 1. The van der Waals surface area contributed by atoms with Crippen LogP contribution in [0.3, 0.4) is 0 Å². The minimum atomic E-state index is -0.579. The van der Waals surface area contributed by atoms with Gasteiger partial charge in [-0.15, -0.1) is 0 Å². The van der Waals surface area contributed by atoms with Crippen LogP contribution in [0.1, 0.15) is 0 Å². The second-order valence-corrected chi connectivity index (χ2v) is 1.31. The molecule has 0 fully saturated rings. The molecule has 0 aromatic carbocycles. The zero-order valence-electron chi connectivity index (χ0n) is 5.24. The zero-order valence-corrected chi connectivity index (χ0v) is 5.24. The molecule has 1 heterocycles. The maximum Gasteiger partial charge on any atom is 0.338 e. The predicted octanol–water partition coefficient (Wildman–Crippen LogP) is -0.285. The van der Waals surface area contributed by atoms with Crippen LogP contribution in [0.2, 0.25) is 0 Å². The van der Waals surface area contributed by atoms with Crippen LogP contribution in [0.4, 0.5) is 0 Å². The van der Waals surface area contributed by atoms with E-state index in [1.807, 2.05) is 0 Å². The summed E-state index contributed by atoms with van der Waals surface area (Å²) >= 11 is 0. The zero-order chi connectivity index (χ0) is 7.98. The first-order chi connectivity index (χ1) is 4.70. The van der Waals surface area contributed by atoms with Gasteiger partial charge >= 0.3 is 11.9 Å². The lowest BCUT2D eigenvalue weighted by Crippen LogP contribution is -1.96. The highest BCUT2D eigenvalue weighted by atomic mass is 16.6. The second-order valence-electron chi connectivity index (χ2n) is 1.31. The van der Waals surface area contributed by atoms with Gasteiger partial charge in [0, 0.05) is 12.2 Å². The number of carbonyl (C=O) groups is 2. The molecule has 0 bridgehead atoms. The number of carbonyl (C=O) groups excluding carboxylic acids is 2. The van der Waals surface area contributed by atoms with Crippen LogP contribution >= 0.6 is 0 Å². The molecule has 4 nitrogen and oxygen atoms in total. The molecule has 0 atom stereocenters. The van der Waals surface area contributed by atoms with Crippen molar-refractivity contribution in [3.8, 4) is 0 Å². The third-order valence-corrected chi connectivity index (χ3v) is 0.557. The highest BCUT2D eigenvalue weighted by Gasteiger charge is 2.10. The lowest BCUT2D eigenvalue weighted by atomic mass is 10.6. The van der Waals surface area contributed by atoms with Crippen LogP contribution < -0.4 is 5.73 Å². The van der Waals surface area contributed by atoms with E-state index in [4.69, 9.17) is 0 Å². The number of cyclic esters (lactones) is 2. The topological polar surface area (TPSA) is 69.4 Å². The van der Waals surface area contributed by atoms with E-state index in [1.165, 1.54) is 6.20 Å². The summed E-state index contributed by atoms with van der Waals surface area (Å²) in [6.45, 7) is 3.14. The Morgan fingerprint density at radius 3 is 1.80 bits per heavy atom. The molecule has 4 heteroatoms. The van der Waals surface area contributed by atoms with Crippen molar-refractivity contribution in [2.75, 3.05) is 0 Å². The maximum absolute atomic E-state index is 9.92. The van der Waals surface area contributed by atoms with E-state index >= 15 is 0 Å². The molecule has 0 saturated carbocycles. The quantitative estimate of drug-likeness (QED) is 0.372. The third-order valence-electron chi connectivity index (χ3n) is 0.557. The molecular weight excluding hydrogens is 134 g/mol. The normalized spacial score (nSPS) is 13.6.